The summed E-state index contributed by atoms with van der Waals surface area (Å²) in [6, 6.07) is 0. The van der Waals surface area contributed by atoms with Gasteiger partial charge < -0.3 is 5.32 Å². The van der Waals surface area contributed by atoms with Crippen molar-refractivity contribution in [2.24, 2.45) is 17.8 Å². The number of hydrogen-bond donors (Lipinski definition) is 1. The highest BCUT2D eigenvalue weighted by Gasteiger charge is 2.35. The molecule has 1 atom stereocenters. The molecule has 0 spiro atoms. The van der Waals surface area contributed by atoms with Gasteiger partial charge in [0.15, 0.2) is 0 Å². The lowest BCUT2D eigenvalue weighted by atomic mass is 9.70. The van der Waals surface area contributed by atoms with Gasteiger partial charge in [-0.2, -0.15) is 0 Å². The number of rotatable bonds is 5. The highest BCUT2D eigenvalue weighted by Crippen LogP contribution is 2.37. The van der Waals surface area contributed by atoms with Crippen molar-refractivity contribution < 1.29 is 4.79 Å². The number of carbonyl (C=O) groups excluding carboxylic acids is 1. The maximum Gasteiger partial charge on any atom is 0.142 e. The summed E-state index contributed by atoms with van der Waals surface area (Å²) in [6.45, 7) is 8.54. The average molecular weight is 292 g/mol. The van der Waals surface area contributed by atoms with Crippen LogP contribution in [0.15, 0.2) is 47.2 Å². The molecule has 1 fully saturated rings. The Balaban J connectivity index is 2.20. The molecule has 2 aliphatic rings. The Bertz CT molecular complexity index is 495. The van der Waals surface area contributed by atoms with E-state index in [9.17, 15) is 4.79 Å². The van der Waals surface area contributed by atoms with Crippen LogP contribution in [0.1, 0.15) is 26.7 Å². The van der Waals surface area contributed by atoms with Gasteiger partial charge in [-0.05, 0) is 36.0 Å². The van der Waals surface area contributed by atoms with Gasteiger partial charge in [0.2, 0.25) is 0 Å². The Morgan fingerprint density at radius 2 is 2.25 bits per heavy atom. The van der Waals surface area contributed by atoms with Crippen LogP contribution in [-0.4, -0.2) is 12.3 Å². The fraction of sp³-hybridized carbons (Fsp3) is 0.471. The molecule has 0 aromatic carbocycles. The van der Waals surface area contributed by atoms with Crippen molar-refractivity contribution in [3.63, 3.8) is 0 Å². The normalized spacial score (nSPS) is 27.6. The van der Waals surface area contributed by atoms with Crippen molar-refractivity contribution in [3.8, 4) is 0 Å². The minimum absolute atomic E-state index is 0.0505. The van der Waals surface area contributed by atoms with Crippen LogP contribution in [0, 0.1) is 17.8 Å². The zero-order valence-corrected chi connectivity index (χ0v) is 12.9. The first-order valence-corrected chi connectivity index (χ1v) is 7.57. The number of allylic oxidation sites excluding steroid dienone is 5. The molecule has 108 valence electrons. The first-order valence-electron chi connectivity index (χ1n) is 7.19. The van der Waals surface area contributed by atoms with Crippen molar-refractivity contribution in [3.05, 3.63) is 47.2 Å². The molecule has 1 aliphatic heterocycles. The quantitative estimate of drug-likeness (QED) is 0.613. The largest absolute Gasteiger partial charge is 0.372 e. The highest BCUT2D eigenvalue weighted by molar-refractivity contribution is 6.29. The molecule has 0 saturated heterocycles. The summed E-state index contributed by atoms with van der Waals surface area (Å²) in [6.07, 6.45) is 9.54. The predicted molar refractivity (Wildman–Crippen MR) is 84.4 cm³/mol. The van der Waals surface area contributed by atoms with E-state index in [4.69, 9.17) is 11.6 Å². The van der Waals surface area contributed by atoms with E-state index in [1.165, 1.54) is 0 Å². The van der Waals surface area contributed by atoms with Crippen LogP contribution in [-0.2, 0) is 4.79 Å². The van der Waals surface area contributed by atoms with Crippen molar-refractivity contribution in [1.29, 1.82) is 0 Å². The van der Waals surface area contributed by atoms with E-state index >= 15 is 0 Å². The zero-order valence-electron chi connectivity index (χ0n) is 12.2. The molecule has 3 heteroatoms. The zero-order chi connectivity index (χ0) is 14.7. The Hall–Kier alpha value is -1.28. The summed E-state index contributed by atoms with van der Waals surface area (Å²) in [5.41, 5.74) is 2.15. The van der Waals surface area contributed by atoms with Crippen molar-refractivity contribution >= 4 is 17.4 Å². The Kier molecular flexibility index (Phi) is 4.87. The van der Waals surface area contributed by atoms with E-state index in [1.807, 2.05) is 25.2 Å². The summed E-state index contributed by atoms with van der Waals surface area (Å²) in [5, 5.41) is 3.73. The molecule has 0 aromatic rings. The Morgan fingerprint density at radius 1 is 1.55 bits per heavy atom. The minimum atomic E-state index is -0.0505. The number of Topliss-reactive ketones (excluding diaryl/α,β-unsaturated/α-hetero) is 1. The monoisotopic (exact) mass is 291 g/mol. The molecule has 0 amide bonds. The van der Waals surface area contributed by atoms with Crippen molar-refractivity contribution in [1.82, 2.24) is 5.32 Å². The summed E-state index contributed by atoms with van der Waals surface area (Å²) >= 11 is 6.03. The topological polar surface area (TPSA) is 29.1 Å². The van der Waals surface area contributed by atoms with Gasteiger partial charge in [0, 0.05) is 18.4 Å². The number of halogens is 1. The third-order valence-electron chi connectivity index (χ3n) is 4.24. The van der Waals surface area contributed by atoms with Gasteiger partial charge in [-0.25, -0.2) is 0 Å². The van der Waals surface area contributed by atoms with Crippen LogP contribution < -0.4 is 5.32 Å². The van der Waals surface area contributed by atoms with Crippen molar-refractivity contribution in [2.75, 3.05) is 6.54 Å². The fourth-order valence-electron chi connectivity index (χ4n) is 2.95. The van der Waals surface area contributed by atoms with Crippen LogP contribution in [0.25, 0.3) is 0 Å². The third-order valence-corrected chi connectivity index (χ3v) is 4.48. The molecule has 2 nitrogen and oxygen atoms in total. The maximum absolute atomic E-state index is 12.5. The van der Waals surface area contributed by atoms with Crippen LogP contribution in [0.5, 0.6) is 0 Å². The molecule has 1 heterocycles. The van der Waals surface area contributed by atoms with Gasteiger partial charge in [0.25, 0.3) is 0 Å². The van der Waals surface area contributed by atoms with E-state index in [0.717, 1.165) is 24.0 Å². The van der Waals surface area contributed by atoms with Gasteiger partial charge in [-0.15, -0.1) is 0 Å². The maximum atomic E-state index is 12.5. The summed E-state index contributed by atoms with van der Waals surface area (Å²) in [5.74, 6) is 1.27. The second kappa shape index (κ2) is 6.45. The predicted octanol–water partition coefficient (Wildman–Crippen LogP) is 3.96. The molecule has 20 heavy (non-hydrogen) atoms. The van der Waals surface area contributed by atoms with Crippen LogP contribution in [0.4, 0.5) is 0 Å². The van der Waals surface area contributed by atoms with E-state index in [1.54, 1.807) is 6.08 Å². The third kappa shape index (κ3) is 3.24. The molecule has 1 unspecified atom stereocenters. The fourth-order valence-corrected chi connectivity index (χ4v) is 3.14. The van der Waals surface area contributed by atoms with E-state index < -0.39 is 0 Å². The Labute approximate surface area is 126 Å². The molecule has 1 saturated carbocycles. The number of ketones is 1. The first kappa shape index (κ1) is 15.1. The molecule has 1 N–H and O–H groups in total. The number of carbonyl (C=O) groups is 1. The lowest BCUT2D eigenvalue weighted by Gasteiger charge is -2.34. The lowest BCUT2D eigenvalue weighted by molar-refractivity contribution is -0.129. The summed E-state index contributed by atoms with van der Waals surface area (Å²) in [4.78, 5) is 12.5. The van der Waals surface area contributed by atoms with Crippen LogP contribution in [0.2, 0.25) is 0 Å². The number of nitrogens with one attached hydrogen (secondary N) is 1. The van der Waals surface area contributed by atoms with Gasteiger partial charge in [0.1, 0.15) is 10.9 Å². The van der Waals surface area contributed by atoms with Crippen molar-refractivity contribution in [2.45, 2.75) is 26.7 Å². The molecule has 1 aliphatic carbocycles. The highest BCUT2D eigenvalue weighted by atomic mass is 35.5. The van der Waals surface area contributed by atoms with E-state index in [2.05, 4.69) is 18.8 Å². The van der Waals surface area contributed by atoms with Gasteiger partial charge in [0.05, 0.1) is 0 Å². The summed E-state index contributed by atoms with van der Waals surface area (Å²) in [7, 11) is 0. The number of hydrogen-bond acceptors (Lipinski definition) is 2. The molecule has 0 radical (unpaired) electrons. The Morgan fingerprint density at radius 3 is 2.85 bits per heavy atom. The first-order chi connectivity index (χ1) is 9.52. The smallest absolute Gasteiger partial charge is 0.142 e. The molecular weight excluding hydrogens is 270 g/mol. The SMILES string of the molecule is C=C/C=C\C1=C(C(C)C(=O)C2CC(C)C2)CNC(Cl)=C1. The van der Waals surface area contributed by atoms with E-state index in [-0.39, 0.29) is 11.8 Å². The van der Waals surface area contributed by atoms with E-state index in [0.29, 0.717) is 23.4 Å². The molecular formula is C17H22ClNO. The van der Waals surface area contributed by atoms with Gasteiger partial charge in [-0.3, -0.25) is 4.79 Å². The summed E-state index contributed by atoms with van der Waals surface area (Å²) < 4.78 is 0. The average Bonchev–Trinajstić information content (AvgIpc) is 2.40. The van der Waals surface area contributed by atoms with Crippen LogP contribution >= 0.6 is 11.6 Å². The van der Waals surface area contributed by atoms with Gasteiger partial charge >= 0.3 is 0 Å². The standard InChI is InChI=1S/C17H22ClNO/c1-4-5-6-13-9-16(18)19-10-15(13)12(3)17(20)14-7-11(2)8-14/h4-6,9,11-12,14,19H,1,7-8,10H2,2-3H3/b6-5-. The molecule has 0 aromatic heterocycles. The van der Waals surface area contributed by atoms with Gasteiger partial charge in [-0.1, -0.05) is 50.3 Å². The molecule has 0 bridgehead atoms. The second-order valence-electron chi connectivity index (χ2n) is 5.82. The second-order valence-corrected chi connectivity index (χ2v) is 6.23. The minimum Gasteiger partial charge on any atom is -0.372 e. The number of dihydropyridines is 1. The van der Waals surface area contributed by atoms with Crippen LogP contribution in [0.3, 0.4) is 0 Å². The lowest BCUT2D eigenvalue weighted by Crippen LogP contribution is -2.35. The molecule has 2 rings (SSSR count).